The van der Waals surface area contributed by atoms with Crippen LogP contribution in [-0.2, 0) is 0 Å². The second-order valence-electron chi connectivity index (χ2n) is 6.34. The lowest BCUT2D eigenvalue weighted by atomic mass is 10.2. The third-order valence-corrected chi connectivity index (χ3v) is 5.32. The van der Waals surface area contributed by atoms with Gasteiger partial charge in [-0.2, -0.15) is 10.2 Å². The quantitative estimate of drug-likeness (QED) is 0.460. The van der Waals surface area contributed by atoms with E-state index in [4.69, 9.17) is 9.47 Å². The number of rotatable bonds is 6. The molecule has 0 fully saturated rings. The van der Waals surface area contributed by atoms with Crippen molar-refractivity contribution < 1.29 is 19.1 Å². The van der Waals surface area contributed by atoms with Gasteiger partial charge in [-0.15, -0.1) is 11.3 Å². The molecule has 0 saturated heterocycles. The van der Waals surface area contributed by atoms with E-state index >= 15 is 0 Å². The molecule has 9 heteroatoms. The van der Waals surface area contributed by atoms with Crippen LogP contribution in [-0.4, -0.2) is 37.5 Å². The molecule has 3 aromatic rings. The van der Waals surface area contributed by atoms with Crippen LogP contribution in [0.25, 0.3) is 0 Å². The van der Waals surface area contributed by atoms with Gasteiger partial charge in [0, 0.05) is 0 Å². The van der Waals surface area contributed by atoms with Crippen molar-refractivity contribution in [1.29, 1.82) is 0 Å². The first kappa shape index (κ1) is 20.3. The molecule has 0 unspecified atom stereocenters. The molecule has 156 valence electrons. The Hall–Kier alpha value is -3.98. The normalized spacial score (nSPS) is 12.8. The molecule has 2 heterocycles. The Morgan fingerprint density at radius 3 is 1.58 bits per heavy atom. The molecular formula is C22H18N4O4S. The van der Waals surface area contributed by atoms with Gasteiger partial charge in [-0.25, -0.2) is 10.9 Å². The molecule has 0 saturated carbocycles. The molecule has 0 radical (unpaired) electrons. The van der Waals surface area contributed by atoms with Crippen molar-refractivity contribution in [1.82, 2.24) is 10.9 Å². The van der Waals surface area contributed by atoms with E-state index < -0.39 is 11.8 Å². The van der Waals surface area contributed by atoms with E-state index in [-0.39, 0.29) is 34.5 Å². The van der Waals surface area contributed by atoms with E-state index in [1.54, 1.807) is 0 Å². The Labute approximate surface area is 182 Å². The molecule has 0 aliphatic carbocycles. The highest BCUT2D eigenvalue weighted by Crippen LogP contribution is 2.43. The predicted molar refractivity (Wildman–Crippen MR) is 118 cm³/mol. The molecule has 1 aliphatic rings. The second kappa shape index (κ2) is 9.68. The molecule has 2 amide bonds. The summed E-state index contributed by atoms with van der Waals surface area (Å²) in [4.78, 5) is 25.7. The van der Waals surface area contributed by atoms with Crippen LogP contribution < -0.4 is 20.3 Å². The number of ether oxygens (including phenoxy) is 2. The van der Waals surface area contributed by atoms with Gasteiger partial charge in [0.2, 0.25) is 0 Å². The van der Waals surface area contributed by atoms with E-state index in [0.29, 0.717) is 0 Å². The van der Waals surface area contributed by atoms with Gasteiger partial charge in [-0.1, -0.05) is 60.7 Å². The van der Waals surface area contributed by atoms with Gasteiger partial charge >= 0.3 is 0 Å². The topological polar surface area (TPSA) is 101 Å². The first-order valence-electron chi connectivity index (χ1n) is 9.41. The first-order chi connectivity index (χ1) is 15.2. The molecule has 8 nitrogen and oxygen atoms in total. The summed E-state index contributed by atoms with van der Waals surface area (Å²) in [6.07, 6.45) is 3.06. The predicted octanol–water partition coefficient (Wildman–Crippen LogP) is 3.05. The standard InChI is InChI=1S/C22H18N4O4S/c27-21(25-23-13-15-7-3-1-4-8-15)19-17-18(30-12-11-29-17)20(31-19)22(28)26-24-14-16-9-5-2-6-10-16/h1-10,13-14H,11-12H2,(H,25,27)(H,26,28)/b23-13-,24-14-. The number of carbonyl (C=O) groups excluding carboxylic acids is 2. The Morgan fingerprint density at radius 2 is 1.16 bits per heavy atom. The second-order valence-corrected chi connectivity index (χ2v) is 7.36. The van der Waals surface area contributed by atoms with Gasteiger partial charge in [0.25, 0.3) is 11.8 Å². The van der Waals surface area contributed by atoms with Crippen molar-refractivity contribution in [3.05, 3.63) is 81.5 Å². The summed E-state index contributed by atoms with van der Waals surface area (Å²) in [5.41, 5.74) is 6.60. The Bertz CT molecular complexity index is 1040. The lowest BCUT2D eigenvalue weighted by Gasteiger charge is -2.16. The Kier molecular flexibility index (Phi) is 6.34. The van der Waals surface area contributed by atoms with Crippen LogP contribution >= 0.6 is 11.3 Å². The summed E-state index contributed by atoms with van der Waals surface area (Å²) in [6.45, 7) is 0.565. The number of amides is 2. The average molecular weight is 434 g/mol. The number of fused-ring (bicyclic) bond motifs is 1. The van der Waals surface area contributed by atoms with Crippen LogP contribution in [0.5, 0.6) is 11.5 Å². The fourth-order valence-electron chi connectivity index (χ4n) is 2.76. The van der Waals surface area contributed by atoms with Crippen LogP contribution in [0.3, 0.4) is 0 Å². The zero-order valence-corrected chi connectivity index (χ0v) is 17.1. The van der Waals surface area contributed by atoms with E-state index in [2.05, 4.69) is 21.1 Å². The molecular weight excluding hydrogens is 416 g/mol. The van der Waals surface area contributed by atoms with Crippen molar-refractivity contribution in [2.45, 2.75) is 0 Å². The number of hydrazone groups is 2. The molecule has 1 aliphatic heterocycles. The van der Waals surface area contributed by atoms with E-state index in [9.17, 15) is 9.59 Å². The molecule has 2 aromatic carbocycles. The summed E-state index contributed by atoms with van der Waals surface area (Å²) in [5.74, 6) is -0.516. The highest BCUT2D eigenvalue weighted by molar-refractivity contribution is 7.16. The van der Waals surface area contributed by atoms with E-state index in [1.165, 1.54) is 12.4 Å². The number of carbonyl (C=O) groups is 2. The minimum absolute atomic E-state index is 0.206. The van der Waals surface area contributed by atoms with Crippen LogP contribution in [0.2, 0.25) is 0 Å². The largest absolute Gasteiger partial charge is 0.484 e. The summed E-state index contributed by atoms with van der Waals surface area (Å²) in [6, 6.07) is 18.7. The van der Waals surface area contributed by atoms with Crippen LogP contribution in [0, 0.1) is 0 Å². The Balaban J connectivity index is 1.49. The summed E-state index contributed by atoms with van der Waals surface area (Å²) in [7, 11) is 0. The monoisotopic (exact) mass is 434 g/mol. The smallest absolute Gasteiger partial charge is 0.285 e. The SMILES string of the molecule is O=C(N/N=C\c1ccccc1)c1sc(C(=O)N/N=C\c2ccccc2)c2c1OCCO2. The third-order valence-electron chi connectivity index (χ3n) is 4.17. The van der Waals surface area contributed by atoms with E-state index in [0.717, 1.165) is 22.5 Å². The number of benzene rings is 2. The lowest BCUT2D eigenvalue weighted by Crippen LogP contribution is -2.21. The van der Waals surface area contributed by atoms with Crippen LogP contribution in [0.4, 0.5) is 0 Å². The molecule has 31 heavy (non-hydrogen) atoms. The average Bonchev–Trinajstić information content (AvgIpc) is 3.20. The minimum Gasteiger partial charge on any atom is -0.484 e. The van der Waals surface area contributed by atoms with Crippen molar-refractivity contribution in [2.24, 2.45) is 10.2 Å². The molecule has 4 rings (SSSR count). The molecule has 0 bridgehead atoms. The maximum atomic E-state index is 12.6. The van der Waals surface area contributed by atoms with E-state index in [1.807, 2.05) is 60.7 Å². The summed E-state index contributed by atoms with van der Waals surface area (Å²) in [5, 5.41) is 7.93. The van der Waals surface area contributed by atoms with Gasteiger partial charge < -0.3 is 9.47 Å². The number of hydrogen-bond acceptors (Lipinski definition) is 7. The molecule has 0 spiro atoms. The zero-order chi connectivity index (χ0) is 21.5. The van der Waals surface area contributed by atoms with Crippen molar-refractivity contribution in [2.75, 3.05) is 13.2 Å². The summed E-state index contributed by atoms with van der Waals surface area (Å²) >= 11 is 0.962. The number of hydrogen-bond donors (Lipinski definition) is 2. The van der Waals surface area contributed by atoms with Crippen molar-refractivity contribution in [3.63, 3.8) is 0 Å². The highest BCUT2D eigenvalue weighted by atomic mass is 32.1. The van der Waals surface area contributed by atoms with Crippen LogP contribution in [0.1, 0.15) is 30.5 Å². The summed E-state index contributed by atoms with van der Waals surface area (Å²) < 4.78 is 11.2. The van der Waals surface area contributed by atoms with Gasteiger partial charge in [0.15, 0.2) is 11.5 Å². The number of thiophene rings is 1. The minimum atomic E-state index is -0.495. The van der Waals surface area contributed by atoms with Gasteiger partial charge in [-0.3, -0.25) is 9.59 Å². The molecule has 2 N–H and O–H groups in total. The van der Waals surface area contributed by atoms with Crippen molar-refractivity contribution >= 4 is 35.6 Å². The van der Waals surface area contributed by atoms with Crippen molar-refractivity contribution in [3.8, 4) is 11.5 Å². The maximum Gasteiger partial charge on any atom is 0.285 e. The zero-order valence-electron chi connectivity index (χ0n) is 16.3. The molecule has 0 atom stereocenters. The maximum absolute atomic E-state index is 12.6. The van der Waals surface area contributed by atoms with Crippen LogP contribution in [0.15, 0.2) is 70.9 Å². The highest BCUT2D eigenvalue weighted by Gasteiger charge is 2.31. The van der Waals surface area contributed by atoms with Gasteiger partial charge in [0.1, 0.15) is 23.0 Å². The fraction of sp³-hybridized carbons (Fsp3) is 0.0909. The number of nitrogens with zero attached hydrogens (tertiary/aromatic N) is 2. The number of nitrogens with one attached hydrogen (secondary N) is 2. The van der Waals surface area contributed by atoms with Gasteiger partial charge in [0.05, 0.1) is 12.4 Å². The first-order valence-corrected chi connectivity index (χ1v) is 10.2. The van der Waals surface area contributed by atoms with Gasteiger partial charge in [-0.05, 0) is 11.1 Å². The molecule has 1 aromatic heterocycles. The Morgan fingerprint density at radius 1 is 0.742 bits per heavy atom. The third kappa shape index (κ3) is 4.96. The lowest BCUT2D eigenvalue weighted by molar-refractivity contribution is 0.0935. The fourth-order valence-corrected chi connectivity index (χ4v) is 3.73.